The van der Waals surface area contributed by atoms with Crippen LogP contribution in [-0.4, -0.2) is 49.2 Å². The molecular weight excluding hydrogens is 509 g/mol. The van der Waals surface area contributed by atoms with E-state index in [1.54, 1.807) is 29.6 Å². The van der Waals surface area contributed by atoms with Gasteiger partial charge in [-0.2, -0.15) is 4.98 Å². The summed E-state index contributed by atoms with van der Waals surface area (Å²) in [6.07, 6.45) is 4.61. The summed E-state index contributed by atoms with van der Waals surface area (Å²) in [6.45, 7) is 10.8. The van der Waals surface area contributed by atoms with Gasteiger partial charge in [0.05, 0.1) is 23.4 Å². The molecule has 1 aliphatic rings. The fraction of sp³-hybridized carbons (Fsp3) is 0.355. The van der Waals surface area contributed by atoms with Crippen molar-refractivity contribution < 1.29 is 18.7 Å². The first-order chi connectivity index (χ1) is 19.1. The first-order valence-electron chi connectivity index (χ1n) is 13.5. The van der Waals surface area contributed by atoms with E-state index in [4.69, 9.17) is 19.4 Å². The number of amides is 1. The number of carbonyl (C=O) groups excluding carboxylic acids is 1. The molecule has 208 valence electrons. The zero-order valence-electron chi connectivity index (χ0n) is 23.5. The smallest absolute Gasteiger partial charge is 0.410 e. The predicted octanol–water partition coefficient (Wildman–Crippen LogP) is 7.13. The molecule has 1 fully saturated rings. The van der Waals surface area contributed by atoms with Crippen LogP contribution >= 0.6 is 0 Å². The van der Waals surface area contributed by atoms with Crippen molar-refractivity contribution in [1.29, 1.82) is 0 Å². The molecule has 1 aliphatic heterocycles. The number of benzene rings is 2. The van der Waals surface area contributed by atoms with Crippen molar-refractivity contribution in [3.8, 4) is 34.4 Å². The second-order valence-corrected chi connectivity index (χ2v) is 11.2. The van der Waals surface area contributed by atoms with E-state index in [0.29, 0.717) is 30.2 Å². The predicted molar refractivity (Wildman–Crippen MR) is 151 cm³/mol. The standard InChI is InChI=1S/C31H34FN5O3/c1-20-16-21(2)18-25(17-20)39-29-33-13-10-26(35-29)28-27(22-6-8-23(32)9-7-22)34-19-37(28)24-11-14-36(15-12-24)30(38)40-31(3,4)5/h6-10,13,16-19,24H,11-12,14-15H2,1-5H3. The summed E-state index contributed by atoms with van der Waals surface area (Å²) >= 11 is 0. The number of piperidine rings is 1. The number of halogens is 1. The van der Waals surface area contributed by atoms with Crippen molar-refractivity contribution in [2.75, 3.05) is 13.1 Å². The van der Waals surface area contributed by atoms with Crippen LogP contribution in [0, 0.1) is 19.7 Å². The molecule has 9 heteroatoms. The molecule has 3 heterocycles. The molecule has 0 radical (unpaired) electrons. The summed E-state index contributed by atoms with van der Waals surface area (Å²) in [5.41, 5.74) is 4.51. The third kappa shape index (κ3) is 6.30. The van der Waals surface area contributed by atoms with Crippen LogP contribution in [0.15, 0.2) is 61.1 Å². The first kappa shape index (κ1) is 27.3. The number of ether oxygens (including phenoxy) is 2. The van der Waals surface area contributed by atoms with E-state index in [1.807, 2.05) is 52.8 Å². The zero-order chi connectivity index (χ0) is 28.4. The SMILES string of the molecule is Cc1cc(C)cc(Oc2nccc(-c3c(-c4ccc(F)cc4)ncn3C3CCN(C(=O)OC(C)(C)C)CC3)n2)c1. The average molecular weight is 544 g/mol. The lowest BCUT2D eigenvalue weighted by Crippen LogP contribution is -2.42. The molecule has 0 aliphatic carbocycles. The molecule has 0 bridgehead atoms. The van der Waals surface area contributed by atoms with Crippen molar-refractivity contribution in [3.05, 3.63) is 78.0 Å². The number of nitrogens with zero attached hydrogens (tertiary/aromatic N) is 5. The molecule has 8 nitrogen and oxygen atoms in total. The van der Waals surface area contributed by atoms with Crippen LogP contribution in [0.25, 0.3) is 22.6 Å². The van der Waals surface area contributed by atoms with Crippen LogP contribution in [0.4, 0.5) is 9.18 Å². The van der Waals surface area contributed by atoms with Crippen molar-refractivity contribution in [2.45, 2.75) is 59.1 Å². The van der Waals surface area contributed by atoms with E-state index in [-0.39, 0.29) is 24.0 Å². The van der Waals surface area contributed by atoms with E-state index in [2.05, 4.69) is 15.6 Å². The van der Waals surface area contributed by atoms with Crippen LogP contribution in [0.5, 0.6) is 11.8 Å². The number of aryl methyl sites for hydroxylation is 2. The van der Waals surface area contributed by atoms with Gasteiger partial charge in [-0.25, -0.2) is 19.2 Å². The third-order valence-electron chi connectivity index (χ3n) is 6.70. The Bertz CT molecular complexity index is 1480. The Labute approximate surface area is 233 Å². The lowest BCUT2D eigenvalue weighted by molar-refractivity contribution is 0.0189. The normalized spacial score (nSPS) is 14.3. The van der Waals surface area contributed by atoms with Crippen LogP contribution in [0.1, 0.15) is 50.8 Å². The zero-order valence-corrected chi connectivity index (χ0v) is 23.5. The summed E-state index contributed by atoms with van der Waals surface area (Å²) < 4.78 is 27.5. The summed E-state index contributed by atoms with van der Waals surface area (Å²) in [6, 6.07) is 14.4. The summed E-state index contributed by atoms with van der Waals surface area (Å²) in [7, 11) is 0. The summed E-state index contributed by atoms with van der Waals surface area (Å²) in [5.74, 6) is 0.349. The number of hydrogen-bond donors (Lipinski definition) is 0. The molecule has 0 unspecified atom stereocenters. The monoisotopic (exact) mass is 543 g/mol. The number of carbonyl (C=O) groups is 1. The topological polar surface area (TPSA) is 82.4 Å². The molecule has 2 aromatic heterocycles. The van der Waals surface area contributed by atoms with E-state index in [1.165, 1.54) is 12.1 Å². The Morgan fingerprint density at radius 3 is 2.30 bits per heavy atom. The molecule has 4 aromatic rings. The van der Waals surface area contributed by atoms with Gasteiger partial charge < -0.3 is 18.9 Å². The quantitative estimate of drug-likeness (QED) is 0.266. The lowest BCUT2D eigenvalue weighted by atomic mass is 10.0. The number of hydrogen-bond acceptors (Lipinski definition) is 6. The Balaban J connectivity index is 1.47. The fourth-order valence-electron chi connectivity index (χ4n) is 4.98. The lowest BCUT2D eigenvalue weighted by Gasteiger charge is -2.34. The molecular formula is C31H34FN5O3. The van der Waals surface area contributed by atoms with Crippen LogP contribution in [-0.2, 0) is 4.74 Å². The highest BCUT2D eigenvalue weighted by Gasteiger charge is 2.30. The Morgan fingerprint density at radius 2 is 1.65 bits per heavy atom. The number of likely N-dealkylation sites (tertiary alicyclic amines) is 1. The van der Waals surface area contributed by atoms with Crippen molar-refractivity contribution in [3.63, 3.8) is 0 Å². The van der Waals surface area contributed by atoms with Gasteiger partial charge in [-0.15, -0.1) is 0 Å². The Hall–Kier alpha value is -4.27. The molecule has 0 spiro atoms. The molecule has 0 atom stereocenters. The van der Waals surface area contributed by atoms with Gasteiger partial charge in [-0.05, 0) is 101 Å². The maximum absolute atomic E-state index is 13.7. The minimum absolute atomic E-state index is 0.0779. The van der Waals surface area contributed by atoms with Crippen molar-refractivity contribution >= 4 is 6.09 Å². The van der Waals surface area contributed by atoms with E-state index < -0.39 is 5.60 Å². The fourth-order valence-corrected chi connectivity index (χ4v) is 4.98. The maximum Gasteiger partial charge on any atom is 0.410 e. The van der Waals surface area contributed by atoms with Gasteiger partial charge in [0, 0.05) is 30.9 Å². The van der Waals surface area contributed by atoms with Gasteiger partial charge in [0.2, 0.25) is 0 Å². The molecule has 5 rings (SSSR count). The number of imidazole rings is 1. The minimum atomic E-state index is -0.542. The van der Waals surface area contributed by atoms with Gasteiger partial charge >= 0.3 is 12.1 Å². The Kier molecular flexibility index (Phi) is 7.56. The number of aromatic nitrogens is 4. The highest BCUT2D eigenvalue weighted by molar-refractivity contribution is 5.77. The maximum atomic E-state index is 13.7. The van der Waals surface area contributed by atoms with Gasteiger partial charge in [-0.3, -0.25) is 0 Å². The van der Waals surface area contributed by atoms with Gasteiger partial charge in [-0.1, -0.05) is 6.07 Å². The van der Waals surface area contributed by atoms with E-state index in [9.17, 15) is 9.18 Å². The number of rotatable bonds is 5. The molecule has 0 saturated carbocycles. The highest BCUT2D eigenvalue weighted by Crippen LogP contribution is 2.36. The average Bonchev–Trinajstić information content (AvgIpc) is 3.33. The minimum Gasteiger partial charge on any atom is -0.444 e. The van der Waals surface area contributed by atoms with Gasteiger partial charge in [0.15, 0.2) is 0 Å². The van der Waals surface area contributed by atoms with Crippen molar-refractivity contribution in [2.24, 2.45) is 0 Å². The third-order valence-corrected chi connectivity index (χ3v) is 6.70. The summed E-state index contributed by atoms with van der Waals surface area (Å²) in [4.78, 5) is 28.2. The molecule has 40 heavy (non-hydrogen) atoms. The molecule has 1 saturated heterocycles. The van der Waals surface area contributed by atoms with Gasteiger partial charge in [0.1, 0.15) is 17.2 Å². The van der Waals surface area contributed by atoms with Gasteiger partial charge in [0.25, 0.3) is 0 Å². The first-order valence-corrected chi connectivity index (χ1v) is 13.5. The molecule has 2 aromatic carbocycles. The van der Waals surface area contributed by atoms with Crippen molar-refractivity contribution in [1.82, 2.24) is 24.4 Å². The van der Waals surface area contributed by atoms with E-state index in [0.717, 1.165) is 35.2 Å². The second-order valence-electron chi connectivity index (χ2n) is 11.2. The summed E-state index contributed by atoms with van der Waals surface area (Å²) in [5, 5.41) is 0. The second kappa shape index (κ2) is 11.1. The van der Waals surface area contributed by atoms with E-state index >= 15 is 0 Å². The van der Waals surface area contributed by atoms with Crippen LogP contribution in [0.2, 0.25) is 0 Å². The van der Waals surface area contributed by atoms with Crippen LogP contribution in [0.3, 0.4) is 0 Å². The molecule has 1 amide bonds. The van der Waals surface area contributed by atoms with Crippen LogP contribution < -0.4 is 4.74 Å². The Morgan fingerprint density at radius 1 is 0.975 bits per heavy atom. The molecule has 0 N–H and O–H groups in total. The largest absolute Gasteiger partial charge is 0.444 e. The highest BCUT2D eigenvalue weighted by atomic mass is 19.1.